The molecule has 0 saturated carbocycles. The van der Waals surface area contributed by atoms with Gasteiger partial charge in [0.25, 0.3) is 0 Å². The predicted molar refractivity (Wildman–Crippen MR) is 189 cm³/mol. The number of nitrogens with zero attached hydrogens (tertiary/aromatic N) is 3. The van der Waals surface area contributed by atoms with Gasteiger partial charge in [-0.1, -0.05) is 65.0 Å². The molecule has 0 fully saturated rings. The highest BCUT2D eigenvalue weighted by Crippen LogP contribution is 2.44. The second-order valence-corrected chi connectivity index (χ2v) is 15.3. The van der Waals surface area contributed by atoms with E-state index in [9.17, 15) is 4.79 Å². The first-order valence-electron chi connectivity index (χ1n) is 15.9. The van der Waals surface area contributed by atoms with Crippen molar-refractivity contribution in [2.24, 2.45) is 5.41 Å². The largest absolute Gasteiger partial charge is 0.487 e. The Balaban J connectivity index is 1.54. The smallest absolute Gasteiger partial charge is 0.213 e. The molecule has 2 aromatic carbocycles. The maximum absolute atomic E-state index is 12.8. The number of ether oxygens (including phenoxy) is 2. The third-order valence-electron chi connectivity index (χ3n) is 8.08. The highest BCUT2D eigenvalue weighted by atomic mass is 32.2. The zero-order valence-electron chi connectivity index (χ0n) is 28.3. The molecule has 7 heteroatoms. The van der Waals surface area contributed by atoms with Gasteiger partial charge in [-0.3, -0.25) is 9.78 Å². The Morgan fingerprint density at radius 1 is 0.870 bits per heavy atom. The second-order valence-electron chi connectivity index (χ2n) is 13.5. The van der Waals surface area contributed by atoms with Gasteiger partial charge in [0, 0.05) is 68.6 Å². The number of benzene rings is 2. The van der Waals surface area contributed by atoms with Crippen molar-refractivity contribution in [2.45, 2.75) is 84.6 Å². The molecule has 6 nitrogen and oxygen atoms in total. The van der Waals surface area contributed by atoms with Gasteiger partial charge in [-0.2, -0.15) is 0 Å². The number of carbonyl (C=O) groups is 1. The van der Waals surface area contributed by atoms with Crippen LogP contribution in [0.4, 0.5) is 0 Å². The average Bonchev–Trinajstić information content (AvgIpc) is 3.27. The number of Topliss-reactive ketones (excluding diaryl/α,β-unsaturated/α-hetero) is 1. The summed E-state index contributed by atoms with van der Waals surface area (Å²) in [5, 5.41) is 1.14. The number of fused-ring (bicyclic) bond motifs is 1. The summed E-state index contributed by atoms with van der Waals surface area (Å²) in [5.41, 5.74) is 7.12. The van der Waals surface area contributed by atoms with Crippen molar-refractivity contribution in [3.8, 4) is 22.8 Å². The highest BCUT2D eigenvalue weighted by Gasteiger charge is 2.31. The molecule has 0 spiro atoms. The molecule has 5 aromatic rings. The number of ketones is 1. The molecule has 0 aliphatic heterocycles. The van der Waals surface area contributed by atoms with Crippen LogP contribution in [0.25, 0.3) is 22.0 Å². The van der Waals surface area contributed by atoms with E-state index in [4.69, 9.17) is 9.47 Å². The van der Waals surface area contributed by atoms with Crippen LogP contribution in [0.15, 0.2) is 84.0 Å². The predicted octanol–water partition coefficient (Wildman–Crippen LogP) is 9.48. The molecular formula is C39H45N3O3S. The summed E-state index contributed by atoms with van der Waals surface area (Å²) in [6.07, 6.45) is 4.35. The third kappa shape index (κ3) is 8.00. The molecule has 0 amide bonds. The van der Waals surface area contributed by atoms with Gasteiger partial charge in [0.05, 0.1) is 12.3 Å². The highest BCUT2D eigenvalue weighted by molar-refractivity contribution is 8.00. The van der Waals surface area contributed by atoms with Crippen LogP contribution in [0.2, 0.25) is 0 Å². The summed E-state index contributed by atoms with van der Waals surface area (Å²) in [5.74, 6) is 1.61. The van der Waals surface area contributed by atoms with Gasteiger partial charge in [0.2, 0.25) is 5.88 Å². The molecule has 0 bridgehead atoms. The monoisotopic (exact) mass is 635 g/mol. The molecule has 3 aromatic heterocycles. The van der Waals surface area contributed by atoms with Crippen LogP contribution in [0.1, 0.15) is 71.0 Å². The van der Waals surface area contributed by atoms with Crippen LogP contribution in [0.3, 0.4) is 0 Å². The van der Waals surface area contributed by atoms with Crippen LogP contribution < -0.4 is 9.47 Å². The van der Waals surface area contributed by atoms with Gasteiger partial charge in [-0.25, -0.2) is 4.98 Å². The van der Waals surface area contributed by atoms with Crippen molar-refractivity contribution in [3.63, 3.8) is 0 Å². The number of carbonyl (C=O) groups excluding carboxylic acids is 1. The molecule has 46 heavy (non-hydrogen) atoms. The van der Waals surface area contributed by atoms with Crippen molar-refractivity contribution in [2.75, 3.05) is 6.61 Å². The SMILES string of the molecule is CCOc1ccc(-c2ccc(Cn3c(CC(C)(C)C(C)=O)c(SC(C)(C)C)c4cc(OCc5ccc(C)cn5)ccc43)cc2)cn1. The van der Waals surface area contributed by atoms with Gasteiger partial charge in [-0.15, -0.1) is 11.8 Å². The third-order valence-corrected chi connectivity index (χ3v) is 9.35. The summed E-state index contributed by atoms with van der Waals surface area (Å²) >= 11 is 1.85. The van der Waals surface area contributed by atoms with Gasteiger partial charge in [-0.05, 0) is 67.8 Å². The lowest BCUT2D eigenvalue weighted by molar-refractivity contribution is -0.124. The average molecular weight is 636 g/mol. The first-order valence-corrected chi connectivity index (χ1v) is 16.7. The van der Waals surface area contributed by atoms with Crippen LogP contribution >= 0.6 is 11.8 Å². The Morgan fingerprint density at radius 3 is 2.22 bits per heavy atom. The van der Waals surface area contributed by atoms with Crippen molar-refractivity contribution >= 4 is 28.4 Å². The van der Waals surface area contributed by atoms with Crippen LogP contribution in [-0.4, -0.2) is 31.7 Å². The van der Waals surface area contributed by atoms with Gasteiger partial charge in [0.1, 0.15) is 18.1 Å². The van der Waals surface area contributed by atoms with E-state index in [1.54, 1.807) is 6.92 Å². The Morgan fingerprint density at radius 2 is 1.61 bits per heavy atom. The first-order chi connectivity index (χ1) is 21.8. The normalized spacial score (nSPS) is 12.0. The Hall–Kier alpha value is -4.10. The molecule has 0 N–H and O–H groups in total. The number of hydrogen-bond donors (Lipinski definition) is 0. The number of aromatic nitrogens is 3. The van der Waals surface area contributed by atoms with E-state index in [0.29, 0.717) is 32.1 Å². The zero-order valence-corrected chi connectivity index (χ0v) is 29.1. The minimum atomic E-state index is -0.514. The summed E-state index contributed by atoms with van der Waals surface area (Å²) in [4.78, 5) is 23.0. The molecular weight excluding hydrogens is 591 g/mol. The van der Waals surface area contributed by atoms with E-state index >= 15 is 0 Å². The number of hydrogen-bond acceptors (Lipinski definition) is 6. The van der Waals surface area contributed by atoms with Crippen LogP contribution in [0, 0.1) is 12.3 Å². The Kier molecular flexibility index (Phi) is 9.92. The Labute approximate surface area is 277 Å². The van der Waals surface area contributed by atoms with Crippen LogP contribution in [0.5, 0.6) is 11.6 Å². The molecule has 0 atom stereocenters. The summed E-state index contributed by atoms with van der Waals surface area (Å²) in [6.45, 7) is 18.2. The molecule has 0 unspecified atom stereocenters. The van der Waals surface area contributed by atoms with Crippen molar-refractivity contribution in [1.82, 2.24) is 14.5 Å². The second kappa shape index (κ2) is 13.7. The van der Waals surface area contributed by atoms with Crippen molar-refractivity contribution in [3.05, 3.63) is 102 Å². The van der Waals surface area contributed by atoms with Gasteiger partial charge < -0.3 is 14.0 Å². The quantitative estimate of drug-likeness (QED) is 0.127. The maximum atomic E-state index is 12.8. The van der Waals surface area contributed by atoms with E-state index in [0.717, 1.165) is 39.0 Å². The molecule has 0 aliphatic rings. The fourth-order valence-electron chi connectivity index (χ4n) is 5.28. The zero-order chi connectivity index (χ0) is 33.1. The molecule has 0 saturated heterocycles. The number of pyridine rings is 2. The standard InChI is InChI=1S/C39H45N3O3S/c1-9-44-36-19-15-30(23-41-36)29-13-11-28(12-14-29)24-42-34-18-17-32(45-25-31-16-10-26(2)22-40-31)20-33(34)37(46-38(4,5)6)35(42)21-39(7,8)27(3)43/h10-20,22-23H,9,21,24-25H2,1-8H3. The lowest BCUT2D eigenvalue weighted by atomic mass is 9.84. The Bertz CT molecular complexity index is 1800. The molecule has 3 heterocycles. The van der Waals surface area contributed by atoms with E-state index in [-0.39, 0.29) is 10.5 Å². The number of aryl methyl sites for hydroxylation is 1. The maximum Gasteiger partial charge on any atom is 0.213 e. The van der Waals surface area contributed by atoms with Gasteiger partial charge in [0.15, 0.2) is 0 Å². The fourth-order valence-corrected chi connectivity index (χ4v) is 6.46. The first kappa shape index (κ1) is 33.3. The fraction of sp³-hybridized carbons (Fsp3) is 0.359. The number of rotatable bonds is 12. The van der Waals surface area contributed by atoms with E-state index in [1.807, 2.05) is 76.1 Å². The topological polar surface area (TPSA) is 66.2 Å². The summed E-state index contributed by atoms with van der Waals surface area (Å²) in [6, 6.07) is 23.0. The summed E-state index contributed by atoms with van der Waals surface area (Å²) < 4.78 is 14.1. The van der Waals surface area contributed by atoms with E-state index in [2.05, 4.69) is 77.8 Å². The lowest BCUT2D eigenvalue weighted by Gasteiger charge is -2.25. The summed E-state index contributed by atoms with van der Waals surface area (Å²) in [7, 11) is 0. The number of thioether (sulfide) groups is 1. The van der Waals surface area contributed by atoms with E-state index < -0.39 is 5.41 Å². The molecule has 5 rings (SSSR count). The van der Waals surface area contributed by atoms with Gasteiger partial charge >= 0.3 is 0 Å². The van der Waals surface area contributed by atoms with Crippen molar-refractivity contribution in [1.29, 1.82) is 0 Å². The van der Waals surface area contributed by atoms with E-state index in [1.165, 1.54) is 16.2 Å². The molecule has 0 radical (unpaired) electrons. The van der Waals surface area contributed by atoms with Crippen molar-refractivity contribution < 1.29 is 14.3 Å². The minimum absolute atomic E-state index is 0.0374. The van der Waals surface area contributed by atoms with Crippen LogP contribution in [-0.2, 0) is 24.4 Å². The minimum Gasteiger partial charge on any atom is -0.487 e. The molecule has 0 aliphatic carbocycles. The molecule has 240 valence electrons. The lowest BCUT2D eigenvalue weighted by Crippen LogP contribution is -2.26.